The molecule has 0 bridgehead atoms. The second-order valence-electron chi connectivity index (χ2n) is 8.34. The Labute approximate surface area is 141 Å². The molecule has 0 N–H and O–H groups in total. The van der Waals surface area contributed by atoms with Crippen molar-refractivity contribution in [2.75, 3.05) is 0 Å². The lowest BCUT2D eigenvalue weighted by molar-refractivity contribution is 0.283. The van der Waals surface area contributed by atoms with Crippen molar-refractivity contribution in [3.8, 4) is 0 Å². The third kappa shape index (κ3) is 8.81. The maximum atomic E-state index is 4.02. The molecule has 0 amide bonds. The molecule has 0 heterocycles. The Balaban J connectivity index is 4.60. The van der Waals surface area contributed by atoms with E-state index in [-0.39, 0.29) is 0 Å². The van der Waals surface area contributed by atoms with Crippen LogP contribution in [0.25, 0.3) is 0 Å². The smallest absolute Gasteiger partial charge is 0.0205 e. The van der Waals surface area contributed by atoms with E-state index in [1.807, 2.05) is 0 Å². The van der Waals surface area contributed by atoms with Gasteiger partial charge in [-0.25, -0.2) is 0 Å². The molecule has 0 nitrogen and oxygen atoms in total. The first kappa shape index (κ1) is 21.5. The zero-order valence-electron chi connectivity index (χ0n) is 16.5. The lowest BCUT2D eigenvalue weighted by Gasteiger charge is -2.28. The summed E-state index contributed by atoms with van der Waals surface area (Å²) in [7, 11) is 0. The fourth-order valence-electron chi connectivity index (χ4n) is 3.39. The largest absolute Gasteiger partial charge is 0.103 e. The molecule has 3 atom stereocenters. The summed E-state index contributed by atoms with van der Waals surface area (Å²) in [6.07, 6.45) is 14.7. The maximum Gasteiger partial charge on any atom is -0.0205 e. The van der Waals surface area contributed by atoms with Crippen LogP contribution < -0.4 is 0 Å². The molecule has 0 aliphatic rings. The average molecular weight is 307 g/mol. The van der Waals surface area contributed by atoms with Crippen LogP contribution in [0.1, 0.15) is 87.0 Å². The number of rotatable bonds is 12. The molecule has 0 heteroatoms. The van der Waals surface area contributed by atoms with Crippen LogP contribution >= 0.6 is 0 Å². The molecule has 0 aromatic carbocycles. The highest BCUT2D eigenvalue weighted by atomic mass is 14.3. The lowest BCUT2D eigenvalue weighted by atomic mass is 9.77. The Kier molecular flexibility index (Phi) is 10.8. The van der Waals surface area contributed by atoms with Gasteiger partial charge in [-0.3, -0.25) is 0 Å². The highest BCUT2D eigenvalue weighted by Gasteiger charge is 2.21. The second kappa shape index (κ2) is 11.1. The normalized spacial score (nSPS) is 16.9. The van der Waals surface area contributed by atoms with Crippen LogP contribution in [0.2, 0.25) is 0 Å². The topological polar surface area (TPSA) is 0 Å². The van der Waals surface area contributed by atoms with Crippen molar-refractivity contribution >= 4 is 0 Å². The minimum atomic E-state index is 0.377. The van der Waals surface area contributed by atoms with Crippen LogP contribution in [0.3, 0.4) is 0 Å². The molecule has 0 fully saturated rings. The lowest BCUT2D eigenvalue weighted by Crippen LogP contribution is -2.17. The molecule has 0 saturated heterocycles. The fourth-order valence-corrected chi connectivity index (χ4v) is 3.39. The molecule has 3 unspecified atom stereocenters. The molecular formula is C22H42. The van der Waals surface area contributed by atoms with Gasteiger partial charge in [0.1, 0.15) is 0 Å². The van der Waals surface area contributed by atoms with E-state index in [1.54, 1.807) is 0 Å². The predicted molar refractivity (Wildman–Crippen MR) is 103 cm³/mol. The van der Waals surface area contributed by atoms with E-state index in [4.69, 9.17) is 0 Å². The summed E-state index contributed by atoms with van der Waals surface area (Å²) in [5, 5.41) is 0. The predicted octanol–water partition coefficient (Wildman–Crippen LogP) is 7.66. The van der Waals surface area contributed by atoms with Gasteiger partial charge in [0.2, 0.25) is 0 Å². The third-order valence-electron chi connectivity index (χ3n) is 5.21. The first-order chi connectivity index (χ1) is 10.3. The van der Waals surface area contributed by atoms with E-state index in [1.165, 1.54) is 38.5 Å². The Bertz CT molecular complexity index is 308. The van der Waals surface area contributed by atoms with E-state index in [0.29, 0.717) is 11.3 Å². The monoisotopic (exact) mass is 306 g/mol. The fraction of sp³-hybridized carbons (Fsp3) is 0.818. The van der Waals surface area contributed by atoms with Crippen molar-refractivity contribution in [3.05, 3.63) is 24.8 Å². The number of hydrogen-bond donors (Lipinski definition) is 0. The minimum Gasteiger partial charge on any atom is -0.103 e. The van der Waals surface area contributed by atoms with Gasteiger partial charge in [-0.05, 0) is 54.8 Å². The summed E-state index contributed by atoms with van der Waals surface area (Å²) in [6.45, 7) is 20.5. The highest BCUT2D eigenvalue weighted by Crippen LogP contribution is 2.33. The van der Waals surface area contributed by atoms with E-state index in [9.17, 15) is 0 Å². The molecule has 0 radical (unpaired) electrons. The summed E-state index contributed by atoms with van der Waals surface area (Å²) in [5.74, 6) is 2.96. The van der Waals surface area contributed by atoms with Gasteiger partial charge in [0.15, 0.2) is 0 Å². The van der Waals surface area contributed by atoms with Gasteiger partial charge in [-0.2, -0.15) is 0 Å². The van der Waals surface area contributed by atoms with Crippen molar-refractivity contribution in [3.63, 3.8) is 0 Å². The van der Waals surface area contributed by atoms with Crippen molar-refractivity contribution in [1.29, 1.82) is 0 Å². The van der Waals surface area contributed by atoms with E-state index in [0.717, 1.165) is 17.8 Å². The Hall–Kier alpha value is -0.520. The Morgan fingerprint density at radius 2 is 1.59 bits per heavy atom. The minimum absolute atomic E-state index is 0.377. The van der Waals surface area contributed by atoms with Crippen molar-refractivity contribution in [2.24, 2.45) is 29.1 Å². The molecule has 0 aliphatic heterocycles. The van der Waals surface area contributed by atoms with E-state index >= 15 is 0 Å². The van der Waals surface area contributed by atoms with Crippen LogP contribution in [0.5, 0.6) is 0 Å². The van der Waals surface area contributed by atoms with Crippen molar-refractivity contribution in [1.82, 2.24) is 0 Å². The standard InChI is InChI=1S/C22H42/c1-9-13-20(11-3)17-22(7,8)16-12-15-21(14-10-2)19(6)18(4)5/h11-12,15,18-21H,3,9-10,13-14,16-17H2,1-2,4-8H3. The zero-order valence-corrected chi connectivity index (χ0v) is 16.5. The Morgan fingerprint density at radius 3 is 2.05 bits per heavy atom. The van der Waals surface area contributed by atoms with Gasteiger partial charge < -0.3 is 0 Å². The summed E-state index contributed by atoms with van der Waals surface area (Å²) in [4.78, 5) is 0. The van der Waals surface area contributed by atoms with Gasteiger partial charge in [0.25, 0.3) is 0 Å². The van der Waals surface area contributed by atoms with E-state index < -0.39 is 0 Å². The molecule has 0 saturated carbocycles. The summed E-state index contributed by atoms with van der Waals surface area (Å²) < 4.78 is 0. The van der Waals surface area contributed by atoms with Crippen molar-refractivity contribution < 1.29 is 0 Å². The molecule has 0 rings (SSSR count). The van der Waals surface area contributed by atoms with Gasteiger partial charge in [-0.15, -0.1) is 6.58 Å². The molecule has 0 aliphatic carbocycles. The molecule has 22 heavy (non-hydrogen) atoms. The average Bonchev–Trinajstić information content (AvgIpc) is 2.44. The summed E-state index contributed by atoms with van der Waals surface area (Å²) >= 11 is 0. The van der Waals surface area contributed by atoms with Crippen LogP contribution in [0.4, 0.5) is 0 Å². The number of allylic oxidation sites excluding steroid dienone is 3. The zero-order chi connectivity index (χ0) is 17.2. The van der Waals surface area contributed by atoms with Crippen molar-refractivity contribution in [2.45, 2.75) is 87.0 Å². The van der Waals surface area contributed by atoms with Gasteiger partial charge >= 0.3 is 0 Å². The van der Waals surface area contributed by atoms with Gasteiger partial charge in [-0.1, -0.05) is 79.5 Å². The second-order valence-corrected chi connectivity index (χ2v) is 8.34. The highest BCUT2D eigenvalue weighted by molar-refractivity contribution is 4.95. The number of hydrogen-bond acceptors (Lipinski definition) is 0. The molecule has 0 aromatic rings. The van der Waals surface area contributed by atoms with Crippen LogP contribution in [-0.2, 0) is 0 Å². The van der Waals surface area contributed by atoms with Crippen LogP contribution in [-0.4, -0.2) is 0 Å². The quantitative estimate of drug-likeness (QED) is 0.325. The summed E-state index contributed by atoms with van der Waals surface area (Å²) in [6, 6.07) is 0. The third-order valence-corrected chi connectivity index (χ3v) is 5.21. The van der Waals surface area contributed by atoms with Crippen LogP contribution in [0.15, 0.2) is 24.8 Å². The summed E-state index contributed by atoms with van der Waals surface area (Å²) in [5.41, 5.74) is 0.377. The van der Waals surface area contributed by atoms with Gasteiger partial charge in [0, 0.05) is 0 Å². The van der Waals surface area contributed by atoms with Gasteiger partial charge in [0.05, 0.1) is 0 Å². The molecule has 0 spiro atoms. The Morgan fingerprint density at radius 1 is 1.00 bits per heavy atom. The molecule has 0 aromatic heterocycles. The SMILES string of the molecule is C=CC(CCC)CC(C)(C)CC=CC(CCC)C(C)C(C)C. The van der Waals surface area contributed by atoms with E-state index in [2.05, 4.69) is 73.3 Å². The molecular weight excluding hydrogens is 264 g/mol. The first-order valence-corrected chi connectivity index (χ1v) is 9.56. The maximum absolute atomic E-state index is 4.02. The first-order valence-electron chi connectivity index (χ1n) is 9.56. The van der Waals surface area contributed by atoms with Crippen LogP contribution in [0, 0.1) is 29.1 Å². The molecule has 130 valence electrons.